The average molecular weight is 210 g/mol. The minimum absolute atomic E-state index is 0.532. The third-order valence-electron chi connectivity index (χ3n) is 5.04. The van der Waals surface area contributed by atoms with Crippen molar-refractivity contribution in [3.05, 3.63) is 0 Å². The van der Waals surface area contributed by atoms with E-state index in [1.807, 2.05) is 0 Å². The highest BCUT2D eigenvalue weighted by molar-refractivity contribution is 4.94. The van der Waals surface area contributed by atoms with E-state index in [2.05, 4.69) is 12.3 Å². The molecule has 0 bridgehead atoms. The monoisotopic (exact) mass is 210 g/mol. The van der Waals surface area contributed by atoms with Gasteiger partial charge in [0.25, 0.3) is 0 Å². The summed E-state index contributed by atoms with van der Waals surface area (Å²) in [4.78, 5) is 0. The van der Waals surface area contributed by atoms with Gasteiger partial charge in [-0.1, -0.05) is 39.0 Å². The summed E-state index contributed by atoms with van der Waals surface area (Å²) >= 11 is 0. The molecule has 0 aromatic rings. The SMILES string of the molecule is CCC1(C(CC2CCC2)NN)CCCC1. The largest absolute Gasteiger partial charge is 0.271 e. The van der Waals surface area contributed by atoms with Crippen LogP contribution >= 0.6 is 0 Å². The predicted molar refractivity (Wildman–Crippen MR) is 64.3 cm³/mol. The summed E-state index contributed by atoms with van der Waals surface area (Å²) in [6, 6.07) is 0.579. The highest BCUT2D eigenvalue weighted by Crippen LogP contribution is 2.46. The molecule has 1 unspecified atom stereocenters. The van der Waals surface area contributed by atoms with Crippen LogP contribution in [0.4, 0.5) is 0 Å². The number of rotatable bonds is 5. The lowest BCUT2D eigenvalue weighted by atomic mass is 9.70. The van der Waals surface area contributed by atoms with Gasteiger partial charge in [0.1, 0.15) is 0 Å². The minimum Gasteiger partial charge on any atom is -0.271 e. The summed E-state index contributed by atoms with van der Waals surface area (Å²) in [5.74, 6) is 6.76. The highest BCUT2D eigenvalue weighted by atomic mass is 15.2. The smallest absolute Gasteiger partial charge is 0.0269 e. The number of nitrogens with one attached hydrogen (secondary N) is 1. The van der Waals surface area contributed by atoms with Crippen LogP contribution in [0.2, 0.25) is 0 Å². The number of hydrogen-bond donors (Lipinski definition) is 2. The van der Waals surface area contributed by atoms with Crippen LogP contribution in [0.1, 0.15) is 64.7 Å². The Morgan fingerprint density at radius 3 is 2.33 bits per heavy atom. The zero-order valence-corrected chi connectivity index (χ0v) is 10.1. The zero-order chi connectivity index (χ0) is 10.7. The second-order valence-corrected chi connectivity index (χ2v) is 5.67. The van der Waals surface area contributed by atoms with Crippen LogP contribution in [0.15, 0.2) is 0 Å². The Morgan fingerprint density at radius 2 is 1.93 bits per heavy atom. The first-order chi connectivity index (χ1) is 7.30. The van der Waals surface area contributed by atoms with E-state index in [0.717, 1.165) is 5.92 Å². The summed E-state index contributed by atoms with van der Waals surface area (Å²) in [7, 11) is 0. The molecule has 88 valence electrons. The van der Waals surface area contributed by atoms with Crippen molar-refractivity contribution in [2.24, 2.45) is 17.2 Å². The van der Waals surface area contributed by atoms with Gasteiger partial charge in [0.2, 0.25) is 0 Å². The van der Waals surface area contributed by atoms with E-state index in [0.29, 0.717) is 11.5 Å². The zero-order valence-electron chi connectivity index (χ0n) is 10.1. The molecule has 2 aliphatic carbocycles. The average Bonchev–Trinajstić information content (AvgIpc) is 2.66. The summed E-state index contributed by atoms with van der Waals surface area (Å²) in [5, 5.41) is 0. The van der Waals surface area contributed by atoms with Crippen LogP contribution in [-0.2, 0) is 0 Å². The molecule has 2 saturated carbocycles. The van der Waals surface area contributed by atoms with Gasteiger partial charge in [-0.05, 0) is 37.0 Å². The Morgan fingerprint density at radius 1 is 1.27 bits per heavy atom. The Labute approximate surface area is 94.0 Å². The van der Waals surface area contributed by atoms with Crippen LogP contribution in [0, 0.1) is 11.3 Å². The Kier molecular flexibility index (Phi) is 3.68. The Hall–Kier alpha value is -0.0800. The van der Waals surface area contributed by atoms with Crippen molar-refractivity contribution in [2.45, 2.75) is 70.8 Å². The molecule has 2 aliphatic rings. The van der Waals surface area contributed by atoms with Crippen molar-refractivity contribution in [3.63, 3.8) is 0 Å². The van der Waals surface area contributed by atoms with E-state index in [9.17, 15) is 0 Å². The van der Waals surface area contributed by atoms with Gasteiger partial charge in [-0.15, -0.1) is 0 Å². The van der Waals surface area contributed by atoms with E-state index < -0.39 is 0 Å². The van der Waals surface area contributed by atoms with E-state index in [1.54, 1.807) is 0 Å². The summed E-state index contributed by atoms with van der Waals surface area (Å²) in [6.45, 7) is 2.34. The second-order valence-electron chi connectivity index (χ2n) is 5.67. The van der Waals surface area contributed by atoms with Crippen LogP contribution in [-0.4, -0.2) is 6.04 Å². The molecule has 3 N–H and O–H groups in total. The molecule has 0 radical (unpaired) electrons. The fraction of sp³-hybridized carbons (Fsp3) is 1.00. The van der Waals surface area contributed by atoms with E-state index in [4.69, 9.17) is 5.84 Å². The second kappa shape index (κ2) is 4.84. The van der Waals surface area contributed by atoms with Crippen LogP contribution in [0.3, 0.4) is 0 Å². The lowest BCUT2D eigenvalue weighted by Crippen LogP contribution is -2.48. The molecule has 2 rings (SSSR count). The maximum Gasteiger partial charge on any atom is 0.0269 e. The number of hydrogen-bond acceptors (Lipinski definition) is 2. The maximum absolute atomic E-state index is 5.79. The fourth-order valence-corrected chi connectivity index (χ4v) is 3.58. The fourth-order valence-electron chi connectivity index (χ4n) is 3.58. The topological polar surface area (TPSA) is 38.0 Å². The number of nitrogens with two attached hydrogens (primary N) is 1. The predicted octanol–water partition coefficient (Wildman–Crippen LogP) is 2.98. The molecule has 0 heterocycles. The molecule has 0 aromatic carbocycles. The van der Waals surface area contributed by atoms with E-state index in [-0.39, 0.29) is 0 Å². The summed E-state index contributed by atoms with van der Waals surface area (Å²) < 4.78 is 0. The van der Waals surface area contributed by atoms with Crippen LogP contribution < -0.4 is 11.3 Å². The van der Waals surface area contributed by atoms with Crippen molar-refractivity contribution in [3.8, 4) is 0 Å². The minimum atomic E-state index is 0.532. The first kappa shape index (κ1) is 11.4. The molecular weight excluding hydrogens is 184 g/mol. The number of hydrazine groups is 1. The Bertz CT molecular complexity index is 193. The maximum atomic E-state index is 5.79. The van der Waals surface area contributed by atoms with Gasteiger partial charge in [-0.3, -0.25) is 11.3 Å². The molecule has 0 aromatic heterocycles. The van der Waals surface area contributed by atoms with Gasteiger partial charge in [-0.25, -0.2) is 0 Å². The molecule has 0 aliphatic heterocycles. The first-order valence-corrected chi connectivity index (χ1v) is 6.77. The van der Waals surface area contributed by atoms with Crippen molar-refractivity contribution in [1.29, 1.82) is 0 Å². The lowest BCUT2D eigenvalue weighted by molar-refractivity contribution is 0.136. The van der Waals surface area contributed by atoms with Crippen molar-refractivity contribution in [1.82, 2.24) is 5.43 Å². The van der Waals surface area contributed by atoms with Gasteiger partial charge >= 0.3 is 0 Å². The molecule has 2 heteroatoms. The van der Waals surface area contributed by atoms with Crippen molar-refractivity contribution >= 4 is 0 Å². The molecule has 0 spiro atoms. The van der Waals surface area contributed by atoms with Crippen LogP contribution in [0.5, 0.6) is 0 Å². The summed E-state index contributed by atoms with van der Waals surface area (Å²) in [5.41, 5.74) is 3.67. The Balaban J connectivity index is 1.95. The van der Waals surface area contributed by atoms with E-state index >= 15 is 0 Å². The molecule has 0 amide bonds. The molecule has 1 atom stereocenters. The molecular formula is C13H26N2. The summed E-state index contributed by atoms with van der Waals surface area (Å²) in [6.07, 6.45) is 12.6. The van der Waals surface area contributed by atoms with Crippen molar-refractivity contribution in [2.75, 3.05) is 0 Å². The first-order valence-electron chi connectivity index (χ1n) is 6.77. The van der Waals surface area contributed by atoms with Crippen molar-refractivity contribution < 1.29 is 0 Å². The molecule has 0 saturated heterocycles. The quantitative estimate of drug-likeness (QED) is 0.541. The molecule has 2 fully saturated rings. The van der Waals surface area contributed by atoms with E-state index in [1.165, 1.54) is 57.8 Å². The van der Waals surface area contributed by atoms with Gasteiger partial charge < -0.3 is 0 Å². The molecule has 15 heavy (non-hydrogen) atoms. The van der Waals surface area contributed by atoms with Gasteiger partial charge in [0, 0.05) is 6.04 Å². The third kappa shape index (κ3) is 2.21. The van der Waals surface area contributed by atoms with Gasteiger partial charge in [0.05, 0.1) is 0 Å². The van der Waals surface area contributed by atoms with Gasteiger partial charge in [-0.2, -0.15) is 0 Å². The highest BCUT2D eigenvalue weighted by Gasteiger charge is 2.40. The standard InChI is InChI=1S/C13H26N2/c1-2-13(8-3-4-9-13)12(15-14)10-11-6-5-7-11/h11-12,15H,2-10,14H2,1H3. The normalized spacial score (nSPS) is 27.6. The third-order valence-corrected chi connectivity index (χ3v) is 5.04. The molecule has 2 nitrogen and oxygen atoms in total. The van der Waals surface area contributed by atoms with Gasteiger partial charge in [0.15, 0.2) is 0 Å². The van der Waals surface area contributed by atoms with Crippen LogP contribution in [0.25, 0.3) is 0 Å². The lowest BCUT2D eigenvalue weighted by Gasteiger charge is -2.40.